The van der Waals surface area contributed by atoms with Crippen molar-refractivity contribution < 1.29 is 14.3 Å². The number of carbonyl (C=O) groups is 1. The van der Waals surface area contributed by atoms with E-state index < -0.39 is 0 Å². The van der Waals surface area contributed by atoms with E-state index >= 15 is 0 Å². The lowest BCUT2D eigenvalue weighted by Gasteiger charge is -2.16. The highest BCUT2D eigenvalue weighted by Gasteiger charge is 2.11. The van der Waals surface area contributed by atoms with Gasteiger partial charge in [-0.1, -0.05) is 0 Å². The number of aromatic nitrogens is 2. The predicted octanol–water partition coefficient (Wildman–Crippen LogP) is 1.47. The Morgan fingerprint density at radius 2 is 1.95 bits per heavy atom. The topological polar surface area (TPSA) is 56.6 Å². The molecule has 0 unspecified atom stereocenters. The Balaban J connectivity index is 1.82. The Morgan fingerprint density at radius 1 is 1.29 bits per heavy atom. The minimum absolute atomic E-state index is 0.00307. The number of benzene rings is 1. The minimum atomic E-state index is -0.0883. The van der Waals surface area contributed by atoms with Crippen molar-refractivity contribution in [3.05, 3.63) is 42.2 Å². The Morgan fingerprint density at radius 3 is 2.52 bits per heavy atom. The molecule has 1 aromatic carbocycles. The number of hydrogen-bond acceptors (Lipinski definition) is 4. The molecule has 0 saturated heterocycles. The fourth-order valence-corrected chi connectivity index (χ4v) is 1.84. The molecule has 2 aromatic rings. The van der Waals surface area contributed by atoms with Gasteiger partial charge in [0.15, 0.2) is 6.61 Å². The second-order valence-electron chi connectivity index (χ2n) is 4.74. The van der Waals surface area contributed by atoms with E-state index in [9.17, 15) is 4.79 Å². The van der Waals surface area contributed by atoms with Gasteiger partial charge < -0.3 is 14.4 Å². The van der Waals surface area contributed by atoms with Gasteiger partial charge in [-0.2, -0.15) is 5.10 Å². The maximum Gasteiger partial charge on any atom is 0.260 e. The van der Waals surface area contributed by atoms with Gasteiger partial charge in [0.05, 0.1) is 13.3 Å². The summed E-state index contributed by atoms with van der Waals surface area (Å²) in [6.07, 6.45) is 3.63. The van der Waals surface area contributed by atoms with Gasteiger partial charge in [0.25, 0.3) is 5.91 Å². The third kappa shape index (κ3) is 4.24. The fourth-order valence-electron chi connectivity index (χ4n) is 1.84. The Bertz CT molecular complexity index is 592. The largest absolute Gasteiger partial charge is 0.497 e. The molecule has 0 aliphatic heterocycles. The lowest BCUT2D eigenvalue weighted by molar-refractivity contribution is -0.132. The van der Waals surface area contributed by atoms with Crippen LogP contribution in [0.5, 0.6) is 11.5 Å². The van der Waals surface area contributed by atoms with Crippen LogP contribution in [0, 0.1) is 0 Å². The van der Waals surface area contributed by atoms with Crippen molar-refractivity contribution >= 4 is 5.91 Å². The minimum Gasteiger partial charge on any atom is -0.497 e. The maximum atomic E-state index is 12.0. The first-order valence-corrected chi connectivity index (χ1v) is 6.57. The summed E-state index contributed by atoms with van der Waals surface area (Å²) >= 11 is 0. The molecule has 6 nitrogen and oxygen atoms in total. The summed E-state index contributed by atoms with van der Waals surface area (Å²) in [6, 6.07) is 7.12. The number of amides is 1. The molecule has 0 spiro atoms. The van der Waals surface area contributed by atoms with Crippen LogP contribution >= 0.6 is 0 Å². The Labute approximate surface area is 123 Å². The molecule has 1 amide bonds. The first-order valence-electron chi connectivity index (χ1n) is 6.57. The second-order valence-corrected chi connectivity index (χ2v) is 4.74. The van der Waals surface area contributed by atoms with E-state index in [0.717, 1.165) is 11.3 Å². The van der Waals surface area contributed by atoms with Gasteiger partial charge in [0.2, 0.25) is 0 Å². The zero-order valence-electron chi connectivity index (χ0n) is 12.4. The number of rotatable bonds is 6. The summed E-state index contributed by atoms with van der Waals surface area (Å²) in [7, 11) is 5.19. The Kier molecular flexibility index (Phi) is 4.81. The van der Waals surface area contributed by atoms with Gasteiger partial charge in [0.1, 0.15) is 11.5 Å². The molecule has 0 fully saturated rings. The molecule has 6 heteroatoms. The third-order valence-electron chi connectivity index (χ3n) is 3.03. The van der Waals surface area contributed by atoms with Crippen LogP contribution in [0.1, 0.15) is 5.56 Å². The van der Waals surface area contributed by atoms with Crippen LogP contribution in [0.2, 0.25) is 0 Å². The zero-order chi connectivity index (χ0) is 15.2. The molecular weight excluding hydrogens is 270 g/mol. The summed E-state index contributed by atoms with van der Waals surface area (Å²) in [5.74, 6) is 1.30. The lowest BCUT2D eigenvalue weighted by atomic mass is 10.3. The van der Waals surface area contributed by atoms with Crippen molar-refractivity contribution in [2.45, 2.75) is 6.54 Å². The van der Waals surface area contributed by atoms with Gasteiger partial charge >= 0.3 is 0 Å². The number of ether oxygens (including phenoxy) is 2. The number of hydrogen-bond donors (Lipinski definition) is 0. The van der Waals surface area contributed by atoms with Crippen LogP contribution in [-0.4, -0.2) is 41.4 Å². The van der Waals surface area contributed by atoms with E-state index in [2.05, 4.69) is 5.10 Å². The summed E-state index contributed by atoms with van der Waals surface area (Å²) in [6.45, 7) is 0.516. The van der Waals surface area contributed by atoms with E-state index in [4.69, 9.17) is 9.47 Å². The van der Waals surface area contributed by atoms with E-state index in [1.165, 1.54) is 0 Å². The summed E-state index contributed by atoms with van der Waals surface area (Å²) < 4.78 is 12.2. The average Bonchev–Trinajstić information content (AvgIpc) is 2.90. The third-order valence-corrected chi connectivity index (χ3v) is 3.03. The lowest BCUT2D eigenvalue weighted by Crippen LogP contribution is -2.30. The molecule has 0 radical (unpaired) electrons. The van der Waals surface area contributed by atoms with Gasteiger partial charge in [-0.25, -0.2) is 0 Å². The summed E-state index contributed by atoms with van der Waals surface area (Å²) in [5, 5.41) is 4.07. The number of likely N-dealkylation sites (N-methyl/N-ethyl adjacent to an activating group) is 1. The van der Waals surface area contributed by atoms with Crippen molar-refractivity contribution in [1.29, 1.82) is 0 Å². The molecule has 0 aliphatic rings. The van der Waals surface area contributed by atoms with Crippen LogP contribution in [-0.2, 0) is 18.4 Å². The smallest absolute Gasteiger partial charge is 0.260 e. The van der Waals surface area contributed by atoms with E-state index in [1.807, 2.05) is 13.2 Å². The molecule has 1 heterocycles. The molecule has 0 aliphatic carbocycles. The van der Waals surface area contributed by atoms with Crippen molar-refractivity contribution in [2.75, 3.05) is 20.8 Å². The van der Waals surface area contributed by atoms with E-state index in [-0.39, 0.29) is 12.5 Å². The second kappa shape index (κ2) is 6.78. The molecule has 112 valence electrons. The molecule has 0 N–H and O–H groups in total. The van der Waals surface area contributed by atoms with Crippen LogP contribution in [0.4, 0.5) is 0 Å². The van der Waals surface area contributed by atoms with Crippen LogP contribution < -0.4 is 9.47 Å². The molecule has 21 heavy (non-hydrogen) atoms. The molecule has 0 saturated carbocycles. The number of aryl methyl sites for hydroxylation is 1. The van der Waals surface area contributed by atoms with Crippen LogP contribution in [0.15, 0.2) is 36.7 Å². The monoisotopic (exact) mass is 289 g/mol. The van der Waals surface area contributed by atoms with Crippen molar-refractivity contribution in [2.24, 2.45) is 7.05 Å². The molecular formula is C15H19N3O3. The van der Waals surface area contributed by atoms with E-state index in [1.54, 1.807) is 54.2 Å². The molecule has 0 bridgehead atoms. The number of nitrogens with zero attached hydrogens (tertiary/aromatic N) is 3. The van der Waals surface area contributed by atoms with Gasteiger partial charge in [0, 0.05) is 32.4 Å². The summed E-state index contributed by atoms with van der Waals surface area (Å²) in [4.78, 5) is 13.6. The average molecular weight is 289 g/mol. The quantitative estimate of drug-likeness (QED) is 0.808. The first kappa shape index (κ1) is 14.9. The van der Waals surface area contributed by atoms with Gasteiger partial charge in [-0.3, -0.25) is 9.48 Å². The highest BCUT2D eigenvalue weighted by Crippen LogP contribution is 2.17. The zero-order valence-corrected chi connectivity index (χ0v) is 12.4. The summed E-state index contributed by atoms with van der Waals surface area (Å²) in [5.41, 5.74) is 0.984. The van der Waals surface area contributed by atoms with Crippen molar-refractivity contribution in [3.8, 4) is 11.5 Å². The molecule has 2 rings (SSSR count). The van der Waals surface area contributed by atoms with Crippen LogP contribution in [0.3, 0.4) is 0 Å². The standard InChI is InChI=1S/C15H19N3O3/c1-17(9-12-8-16-18(2)10-12)15(19)11-21-14-6-4-13(20-3)5-7-14/h4-8,10H,9,11H2,1-3H3. The first-order chi connectivity index (χ1) is 10.1. The SMILES string of the molecule is COc1ccc(OCC(=O)N(C)Cc2cnn(C)c2)cc1. The predicted molar refractivity (Wildman–Crippen MR) is 78.2 cm³/mol. The highest BCUT2D eigenvalue weighted by atomic mass is 16.5. The maximum absolute atomic E-state index is 12.0. The molecule has 1 aromatic heterocycles. The van der Waals surface area contributed by atoms with Crippen LogP contribution in [0.25, 0.3) is 0 Å². The Hall–Kier alpha value is -2.50. The molecule has 0 atom stereocenters. The normalized spacial score (nSPS) is 10.2. The highest BCUT2D eigenvalue weighted by molar-refractivity contribution is 5.77. The van der Waals surface area contributed by atoms with E-state index in [0.29, 0.717) is 12.3 Å². The van der Waals surface area contributed by atoms with Gasteiger partial charge in [-0.05, 0) is 24.3 Å². The van der Waals surface area contributed by atoms with Crippen molar-refractivity contribution in [1.82, 2.24) is 14.7 Å². The number of methoxy groups -OCH3 is 1. The van der Waals surface area contributed by atoms with Gasteiger partial charge in [-0.15, -0.1) is 0 Å². The van der Waals surface area contributed by atoms with Crippen molar-refractivity contribution in [3.63, 3.8) is 0 Å². The number of carbonyl (C=O) groups excluding carboxylic acids is 1. The fraction of sp³-hybridized carbons (Fsp3) is 0.333.